The number of carbonyl (C=O) groups is 1. The molecule has 0 aromatic heterocycles. The average Bonchev–Trinajstić information content (AvgIpc) is 3.03. The Bertz CT molecular complexity index is 948. The van der Waals surface area contributed by atoms with Crippen molar-refractivity contribution in [3.63, 3.8) is 0 Å². The van der Waals surface area contributed by atoms with Crippen LogP contribution in [0.5, 0.6) is 11.5 Å². The summed E-state index contributed by atoms with van der Waals surface area (Å²) >= 11 is 12.2. The quantitative estimate of drug-likeness (QED) is 0.568. The van der Waals surface area contributed by atoms with E-state index in [0.29, 0.717) is 39.0 Å². The summed E-state index contributed by atoms with van der Waals surface area (Å²) in [5.41, 5.74) is 1.65. The van der Waals surface area contributed by atoms with Crippen LogP contribution >= 0.6 is 23.2 Å². The molecule has 0 atom stereocenters. The molecule has 2 aromatic rings. The number of fused-ring (bicyclic) bond motifs is 1. The number of ether oxygens (including phenoxy) is 1. The minimum absolute atomic E-state index is 0.0853. The van der Waals surface area contributed by atoms with Crippen molar-refractivity contribution in [2.24, 2.45) is 0 Å². The molecule has 0 saturated carbocycles. The van der Waals surface area contributed by atoms with Crippen molar-refractivity contribution in [3.05, 3.63) is 62.8 Å². The fraction of sp³-hybridized carbons (Fsp3) is 0.375. The first kappa shape index (κ1) is 22.7. The van der Waals surface area contributed by atoms with Gasteiger partial charge in [0.1, 0.15) is 12.3 Å². The molecule has 4 nitrogen and oxygen atoms in total. The van der Waals surface area contributed by atoms with Gasteiger partial charge in [0.25, 0.3) is 0 Å². The monoisotopic (exact) mass is 447 g/mol. The lowest BCUT2D eigenvalue weighted by Crippen LogP contribution is -3.10. The summed E-state index contributed by atoms with van der Waals surface area (Å²) in [6.07, 6.45) is 6.02. The van der Waals surface area contributed by atoms with Gasteiger partial charge in [-0.15, -0.1) is 0 Å². The Morgan fingerprint density at radius 1 is 1.07 bits per heavy atom. The number of allylic oxidation sites excluding steroid dienone is 1. The minimum Gasteiger partial charge on any atom is -0.872 e. The third-order valence-corrected chi connectivity index (χ3v) is 5.90. The van der Waals surface area contributed by atoms with Crippen LogP contribution in [0.25, 0.3) is 6.08 Å². The van der Waals surface area contributed by atoms with E-state index in [-0.39, 0.29) is 17.3 Å². The van der Waals surface area contributed by atoms with Crippen LogP contribution in [0.1, 0.15) is 61.0 Å². The van der Waals surface area contributed by atoms with Crippen molar-refractivity contribution in [1.82, 2.24) is 0 Å². The predicted octanol–water partition coefficient (Wildman–Crippen LogP) is 4.67. The van der Waals surface area contributed by atoms with Gasteiger partial charge in [-0.05, 0) is 42.7 Å². The molecule has 0 aliphatic carbocycles. The molecular weight excluding hydrogens is 421 g/mol. The number of carbonyl (C=O) groups excluding carboxylic acids is 1. The van der Waals surface area contributed by atoms with Crippen molar-refractivity contribution in [3.8, 4) is 11.5 Å². The van der Waals surface area contributed by atoms with Gasteiger partial charge in [-0.2, -0.15) is 0 Å². The molecule has 0 spiro atoms. The molecular formula is C24H27Cl2NO3. The van der Waals surface area contributed by atoms with Crippen molar-refractivity contribution in [2.75, 3.05) is 13.1 Å². The second kappa shape index (κ2) is 10.3. The second-order valence-electron chi connectivity index (χ2n) is 7.66. The SMILES string of the molecule is CCCC[NH+](CCCC)Cc1c([O-])ccc2c1OC(=Cc1ccc(Cl)cc1Cl)C2=O. The largest absolute Gasteiger partial charge is 0.872 e. The van der Waals surface area contributed by atoms with Crippen LogP contribution in [0.4, 0.5) is 0 Å². The van der Waals surface area contributed by atoms with Crippen molar-refractivity contribution in [2.45, 2.75) is 46.1 Å². The smallest absolute Gasteiger partial charge is 0.231 e. The van der Waals surface area contributed by atoms with E-state index in [1.807, 2.05) is 0 Å². The van der Waals surface area contributed by atoms with Crippen LogP contribution < -0.4 is 14.7 Å². The van der Waals surface area contributed by atoms with E-state index < -0.39 is 0 Å². The summed E-state index contributed by atoms with van der Waals surface area (Å²) in [7, 11) is 0. The van der Waals surface area contributed by atoms with E-state index in [2.05, 4.69) is 13.8 Å². The van der Waals surface area contributed by atoms with E-state index in [9.17, 15) is 9.90 Å². The zero-order valence-electron chi connectivity index (χ0n) is 17.4. The maximum Gasteiger partial charge on any atom is 0.231 e. The van der Waals surface area contributed by atoms with Gasteiger partial charge in [0.05, 0.1) is 18.7 Å². The van der Waals surface area contributed by atoms with E-state index in [4.69, 9.17) is 27.9 Å². The Morgan fingerprint density at radius 2 is 1.77 bits per heavy atom. The highest BCUT2D eigenvalue weighted by atomic mass is 35.5. The van der Waals surface area contributed by atoms with Gasteiger partial charge in [0, 0.05) is 15.6 Å². The summed E-state index contributed by atoms with van der Waals surface area (Å²) in [5.74, 6) is 0.248. The summed E-state index contributed by atoms with van der Waals surface area (Å²) in [6.45, 7) is 6.88. The summed E-state index contributed by atoms with van der Waals surface area (Å²) in [5, 5.41) is 13.6. The first-order valence-corrected chi connectivity index (χ1v) is 11.3. The van der Waals surface area contributed by atoms with Crippen LogP contribution in [-0.2, 0) is 6.54 Å². The highest BCUT2D eigenvalue weighted by Crippen LogP contribution is 2.38. The maximum atomic E-state index is 12.9. The molecule has 1 aliphatic heterocycles. The fourth-order valence-corrected chi connectivity index (χ4v) is 4.08. The number of halogens is 2. The molecule has 0 bridgehead atoms. The summed E-state index contributed by atoms with van der Waals surface area (Å²) in [6, 6.07) is 8.09. The number of hydrogen-bond donors (Lipinski definition) is 1. The third kappa shape index (κ3) is 5.18. The van der Waals surface area contributed by atoms with E-state index in [1.165, 1.54) is 11.0 Å². The average molecular weight is 448 g/mol. The Labute approximate surface area is 188 Å². The summed E-state index contributed by atoms with van der Waals surface area (Å²) < 4.78 is 5.94. The number of nitrogens with one attached hydrogen (secondary N) is 1. The predicted molar refractivity (Wildman–Crippen MR) is 120 cm³/mol. The number of unbranched alkanes of at least 4 members (excludes halogenated alkanes) is 2. The molecule has 1 N–H and O–H groups in total. The lowest BCUT2D eigenvalue weighted by Gasteiger charge is -2.23. The molecule has 1 aliphatic rings. The van der Waals surface area contributed by atoms with Gasteiger partial charge in [-0.3, -0.25) is 4.79 Å². The number of benzene rings is 2. The van der Waals surface area contributed by atoms with Crippen LogP contribution in [0.2, 0.25) is 10.0 Å². The molecule has 0 fully saturated rings. The molecule has 0 radical (unpaired) electrons. The molecule has 2 aromatic carbocycles. The van der Waals surface area contributed by atoms with Crippen molar-refractivity contribution >= 4 is 35.1 Å². The lowest BCUT2D eigenvalue weighted by molar-refractivity contribution is -0.914. The van der Waals surface area contributed by atoms with Crippen molar-refractivity contribution in [1.29, 1.82) is 0 Å². The highest BCUT2D eigenvalue weighted by molar-refractivity contribution is 6.35. The first-order chi connectivity index (χ1) is 14.4. The van der Waals surface area contributed by atoms with E-state index in [1.54, 1.807) is 30.3 Å². The van der Waals surface area contributed by atoms with Gasteiger partial charge < -0.3 is 14.7 Å². The Kier molecular flexibility index (Phi) is 7.81. The Hall–Kier alpha value is -2.01. The number of Topliss-reactive ketones (excluding diaryl/α,β-unsaturated/α-hetero) is 1. The van der Waals surface area contributed by atoms with Gasteiger partial charge in [0.15, 0.2) is 5.76 Å². The summed E-state index contributed by atoms with van der Waals surface area (Å²) in [4.78, 5) is 14.2. The van der Waals surface area contributed by atoms with Crippen LogP contribution in [0, 0.1) is 0 Å². The molecule has 0 saturated heterocycles. The number of rotatable bonds is 9. The molecule has 1 heterocycles. The maximum absolute atomic E-state index is 12.9. The van der Waals surface area contributed by atoms with E-state index >= 15 is 0 Å². The number of ketones is 1. The van der Waals surface area contributed by atoms with Crippen LogP contribution in [0.15, 0.2) is 36.1 Å². The van der Waals surface area contributed by atoms with Gasteiger partial charge in [-0.1, -0.05) is 67.8 Å². The number of hydrogen-bond acceptors (Lipinski definition) is 3. The van der Waals surface area contributed by atoms with Crippen LogP contribution in [0.3, 0.4) is 0 Å². The lowest BCUT2D eigenvalue weighted by atomic mass is 10.0. The van der Waals surface area contributed by atoms with Gasteiger partial charge in [0.2, 0.25) is 5.78 Å². The molecule has 6 heteroatoms. The van der Waals surface area contributed by atoms with E-state index in [0.717, 1.165) is 38.8 Å². The van der Waals surface area contributed by atoms with Gasteiger partial charge in [-0.25, -0.2) is 0 Å². The molecule has 3 rings (SSSR count). The zero-order valence-corrected chi connectivity index (χ0v) is 18.9. The van der Waals surface area contributed by atoms with Crippen molar-refractivity contribution < 1.29 is 19.5 Å². The highest BCUT2D eigenvalue weighted by Gasteiger charge is 2.31. The first-order valence-electron chi connectivity index (χ1n) is 10.5. The molecule has 160 valence electrons. The Balaban J connectivity index is 1.91. The zero-order chi connectivity index (χ0) is 21.7. The molecule has 30 heavy (non-hydrogen) atoms. The second-order valence-corrected chi connectivity index (χ2v) is 8.50. The normalized spacial score (nSPS) is 14.4. The minimum atomic E-state index is -0.235. The number of quaternary nitrogens is 1. The standard InChI is InChI=1S/C24H27Cl2NO3/c1-3-5-11-27(12-6-4-2)15-19-21(28)10-9-18-23(29)22(30-24(18)19)13-16-7-8-17(25)14-20(16)26/h7-10,13-14,28H,3-6,11-12,15H2,1-2H3. The van der Waals surface area contributed by atoms with Gasteiger partial charge >= 0.3 is 0 Å². The topological polar surface area (TPSA) is 53.8 Å². The molecule has 0 unspecified atom stereocenters. The fourth-order valence-electron chi connectivity index (χ4n) is 3.62. The molecule has 0 amide bonds. The third-order valence-electron chi connectivity index (χ3n) is 5.34. The van der Waals surface area contributed by atoms with Crippen LogP contribution in [-0.4, -0.2) is 18.9 Å². The Morgan fingerprint density at radius 3 is 2.40 bits per heavy atom.